The van der Waals surface area contributed by atoms with Gasteiger partial charge in [0.2, 0.25) is 19.8 Å². The zero-order valence-electron chi connectivity index (χ0n) is 20.1. The number of nitrogens with zero attached hydrogens (tertiary/aromatic N) is 2. The maximum Gasteiger partial charge on any atom is 0.348 e. The molecule has 1 fully saturated rings. The molecule has 2 aliphatic heterocycles. The van der Waals surface area contributed by atoms with Gasteiger partial charge in [-0.15, -0.1) is 0 Å². The minimum atomic E-state index is -4.21. The lowest BCUT2D eigenvalue weighted by Crippen LogP contribution is -2.60. The Morgan fingerprint density at radius 1 is 1.13 bits per heavy atom. The molecule has 0 aromatic heterocycles. The van der Waals surface area contributed by atoms with Crippen LogP contribution in [0.15, 0.2) is 30.3 Å². The zero-order chi connectivity index (χ0) is 29.2. The molecule has 0 bridgehead atoms. The highest BCUT2D eigenvalue weighted by Crippen LogP contribution is 2.39. The van der Waals surface area contributed by atoms with Crippen molar-refractivity contribution in [3.63, 3.8) is 0 Å². The Kier molecular flexibility index (Phi) is 7.20. The third-order valence-corrected chi connectivity index (χ3v) is 6.91. The van der Waals surface area contributed by atoms with Crippen LogP contribution < -0.4 is 16.2 Å². The highest BCUT2D eigenvalue weighted by Gasteiger charge is 2.51. The first-order valence-electron chi connectivity index (χ1n) is 11.2. The Balaban J connectivity index is 1.77. The van der Waals surface area contributed by atoms with E-state index in [1.165, 1.54) is 0 Å². The summed E-state index contributed by atoms with van der Waals surface area (Å²) in [5.74, 6) is -8.47. The van der Waals surface area contributed by atoms with Gasteiger partial charge in [0, 0.05) is 22.6 Å². The largest absolute Gasteiger partial charge is 0.398 e. The highest BCUT2D eigenvalue weighted by molar-refractivity contribution is 6.52. The summed E-state index contributed by atoms with van der Waals surface area (Å²) in [7, 11) is 42.8. The smallest absolute Gasteiger partial charge is 0.348 e. The SMILES string of the molecule is [B]c1cc2c(c([B])c1C([B])([B])N([B])C(=O)C(F)(F)c1ccc(Cl)cc1)C([B])([B])N(C1CCC(=O)NC1=O)C2=O. The van der Waals surface area contributed by atoms with Gasteiger partial charge in [-0.1, -0.05) is 46.3 Å². The molecule has 39 heavy (non-hydrogen) atoms. The van der Waals surface area contributed by atoms with Crippen molar-refractivity contribution >= 4 is 101 Å². The number of hydrogen-bond acceptors (Lipinski definition) is 4. The lowest BCUT2D eigenvalue weighted by atomic mass is 9.48. The van der Waals surface area contributed by atoms with Crippen molar-refractivity contribution in [1.82, 2.24) is 15.0 Å². The summed E-state index contributed by atoms with van der Waals surface area (Å²) in [6.07, 6.45) is -0.193. The van der Waals surface area contributed by atoms with Crippen LogP contribution >= 0.6 is 11.6 Å². The number of imide groups is 1. The van der Waals surface area contributed by atoms with E-state index in [4.69, 9.17) is 66.7 Å². The van der Waals surface area contributed by atoms with E-state index in [9.17, 15) is 19.2 Å². The van der Waals surface area contributed by atoms with E-state index < -0.39 is 68.3 Å². The maximum absolute atomic E-state index is 15.1. The second-order valence-electron chi connectivity index (χ2n) is 9.23. The monoisotopic (exact) mass is 531 g/mol. The Morgan fingerprint density at radius 2 is 1.72 bits per heavy atom. The predicted molar refractivity (Wildman–Crippen MR) is 144 cm³/mol. The normalized spacial score (nSPS) is 19.0. The summed E-state index contributed by atoms with van der Waals surface area (Å²) in [5, 5.41) is -2.81. The fourth-order valence-corrected chi connectivity index (χ4v) is 4.87. The molecule has 14 radical (unpaired) electrons. The molecular weight excluding hydrogens is 519 g/mol. The van der Waals surface area contributed by atoms with E-state index in [0.29, 0.717) is 0 Å². The number of fused-ring (bicyclic) bond motifs is 1. The van der Waals surface area contributed by atoms with Crippen LogP contribution in [0.5, 0.6) is 0 Å². The first-order chi connectivity index (χ1) is 17.9. The fourth-order valence-electron chi connectivity index (χ4n) is 4.74. The van der Waals surface area contributed by atoms with Crippen molar-refractivity contribution in [1.29, 1.82) is 0 Å². The number of rotatable bonds is 5. The number of carbonyl (C=O) groups is 4. The zero-order valence-corrected chi connectivity index (χ0v) is 20.8. The molecule has 4 rings (SSSR count). The Labute approximate surface area is 237 Å². The van der Waals surface area contributed by atoms with Gasteiger partial charge in [0.1, 0.15) is 21.7 Å². The third-order valence-electron chi connectivity index (χ3n) is 6.66. The Morgan fingerprint density at radius 3 is 2.28 bits per heavy atom. The van der Waals surface area contributed by atoms with Crippen LogP contribution in [0.1, 0.15) is 39.9 Å². The van der Waals surface area contributed by atoms with Gasteiger partial charge < -0.3 is 9.71 Å². The lowest BCUT2D eigenvalue weighted by molar-refractivity contribution is -0.155. The maximum atomic E-state index is 15.1. The average Bonchev–Trinajstić information content (AvgIpc) is 3.03. The number of hydrogen-bond donors (Lipinski definition) is 1. The van der Waals surface area contributed by atoms with Crippen molar-refractivity contribution in [3.05, 3.63) is 57.6 Å². The molecule has 2 aliphatic rings. The average molecular weight is 530 g/mol. The van der Waals surface area contributed by atoms with Crippen LogP contribution in [-0.2, 0) is 31.0 Å². The summed E-state index contributed by atoms with van der Waals surface area (Å²) in [6.45, 7) is 0. The lowest BCUT2D eigenvalue weighted by Gasteiger charge is -2.44. The molecule has 180 valence electrons. The van der Waals surface area contributed by atoms with E-state index in [1.807, 2.05) is 0 Å². The van der Waals surface area contributed by atoms with Gasteiger partial charge in [-0.05, 0) is 34.8 Å². The molecule has 0 spiro atoms. The topological polar surface area (TPSA) is 86.8 Å². The Bertz CT molecular complexity index is 1430. The number of amides is 4. The molecule has 4 amide bonds. The first-order valence-corrected chi connectivity index (χ1v) is 11.6. The molecule has 2 heterocycles. The van der Waals surface area contributed by atoms with Gasteiger partial charge in [-0.2, -0.15) is 8.78 Å². The predicted octanol–water partition coefficient (Wildman–Crippen LogP) is -2.21. The summed E-state index contributed by atoms with van der Waals surface area (Å²) in [4.78, 5) is 50.8. The molecule has 0 aliphatic carbocycles. The molecular formula is C22H11B7ClF2N3O4. The molecule has 17 heteroatoms. The number of halogens is 3. The van der Waals surface area contributed by atoms with Crippen LogP contribution in [0.2, 0.25) is 5.02 Å². The van der Waals surface area contributed by atoms with Crippen LogP contribution in [0.25, 0.3) is 0 Å². The van der Waals surface area contributed by atoms with E-state index in [2.05, 4.69) is 5.32 Å². The quantitative estimate of drug-likeness (QED) is 0.351. The number of alkyl halides is 2. The van der Waals surface area contributed by atoms with Gasteiger partial charge in [-0.25, -0.2) is 0 Å². The summed E-state index contributed by atoms with van der Waals surface area (Å²) >= 11 is 5.73. The molecule has 0 saturated carbocycles. The minimum absolute atomic E-state index is 0.0919. The van der Waals surface area contributed by atoms with Crippen LogP contribution in [0.4, 0.5) is 8.78 Å². The van der Waals surface area contributed by atoms with Crippen LogP contribution in [0, 0.1) is 0 Å². The molecule has 1 atom stereocenters. The second kappa shape index (κ2) is 9.64. The van der Waals surface area contributed by atoms with Crippen molar-refractivity contribution in [2.75, 3.05) is 0 Å². The van der Waals surface area contributed by atoms with E-state index >= 15 is 8.78 Å². The summed E-state index contributed by atoms with van der Waals surface area (Å²) < 4.78 is 30.1. The van der Waals surface area contributed by atoms with Crippen molar-refractivity contribution < 1.29 is 28.0 Å². The molecule has 1 saturated heterocycles. The van der Waals surface area contributed by atoms with Crippen molar-refractivity contribution in [2.45, 2.75) is 35.5 Å². The number of piperidine rings is 1. The molecule has 1 unspecified atom stereocenters. The molecule has 2 aromatic carbocycles. The van der Waals surface area contributed by atoms with Crippen molar-refractivity contribution in [2.24, 2.45) is 0 Å². The fraction of sp³-hybridized carbons (Fsp3) is 0.273. The van der Waals surface area contributed by atoms with E-state index in [-0.39, 0.29) is 33.8 Å². The molecule has 1 N–H and O–H groups in total. The highest BCUT2D eigenvalue weighted by atomic mass is 35.5. The van der Waals surface area contributed by atoms with Gasteiger partial charge in [0.15, 0.2) is 0 Å². The second-order valence-corrected chi connectivity index (χ2v) is 9.66. The third kappa shape index (κ3) is 4.54. The molecule has 2 aromatic rings. The van der Waals surface area contributed by atoms with Gasteiger partial charge in [-0.3, -0.25) is 24.5 Å². The Hall–Kier alpha value is -2.88. The standard InChI is InChI=1S/C22H11B7ClF2N3O4/c23-11-7-10-14(21(25,26)34(18(10)38)12-5-6-13(36)33-17(12)37)16(24)15(11)22(27,28)35(29)19(39)20(31,32)8-1-3-9(30)4-2-8/h1-4,7,12H,5-6H2,(H,33,36,37). The van der Waals surface area contributed by atoms with Crippen LogP contribution in [0.3, 0.4) is 0 Å². The van der Waals surface area contributed by atoms with Crippen molar-refractivity contribution in [3.8, 4) is 0 Å². The van der Waals surface area contributed by atoms with E-state index in [0.717, 1.165) is 35.2 Å². The van der Waals surface area contributed by atoms with Gasteiger partial charge in [0.25, 0.3) is 11.8 Å². The summed E-state index contributed by atoms with van der Waals surface area (Å²) in [6, 6.07) is 3.86. The van der Waals surface area contributed by atoms with Gasteiger partial charge in [0.05, 0.1) is 31.4 Å². The van der Waals surface area contributed by atoms with Gasteiger partial charge >= 0.3 is 5.92 Å². The first kappa shape index (κ1) is 29.1. The van der Waals surface area contributed by atoms with E-state index in [1.54, 1.807) is 0 Å². The number of nitrogens with one attached hydrogen (secondary N) is 1. The number of benzene rings is 2. The number of carbonyl (C=O) groups excluding carboxylic acids is 4. The van der Waals surface area contributed by atoms with Crippen LogP contribution in [-0.4, -0.2) is 94.4 Å². The summed E-state index contributed by atoms with van der Waals surface area (Å²) in [5.41, 5.74) is -2.77. The minimum Gasteiger partial charge on any atom is -0.398 e. The molecule has 7 nitrogen and oxygen atoms in total.